The van der Waals surface area contributed by atoms with E-state index >= 15 is 0 Å². The lowest BCUT2D eigenvalue weighted by Crippen LogP contribution is -2.34. The third kappa shape index (κ3) is 4.78. The van der Waals surface area contributed by atoms with Crippen LogP contribution in [0.1, 0.15) is 71.1 Å². The van der Waals surface area contributed by atoms with Crippen LogP contribution in [0, 0.1) is 23.7 Å². The second-order valence-electron chi connectivity index (χ2n) is 7.35. The molecule has 0 heterocycles. The van der Waals surface area contributed by atoms with Crippen LogP contribution in [0.4, 0.5) is 0 Å². The largest absolute Gasteiger partial charge is 0.481 e. The van der Waals surface area contributed by atoms with Crippen molar-refractivity contribution in [1.82, 2.24) is 0 Å². The van der Waals surface area contributed by atoms with Crippen LogP contribution in [0.2, 0.25) is 0 Å². The van der Waals surface area contributed by atoms with Crippen molar-refractivity contribution in [2.24, 2.45) is 23.7 Å². The molecule has 134 valence electrons. The maximum absolute atomic E-state index is 12.5. The quantitative estimate of drug-likeness (QED) is 0.507. The van der Waals surface area contributed by atoms with Crippen molar-refractivity contribution in [3.8, 4) is 0 Å². The molecule has 4 atom stereocenters. The minimum Gasteiger partial charge on any atom is -0.481 e. The summed E-state index contributed by atoms with van der Waals surface area (Å²) in [6.07, 6.45) is 11.6. The highest BCUT2D eigenvalue weighted by atomic mass is 16.4. The molecule has 2 rings (SSSR count). The van der Waals surface area contributed by atoms with Crippen molar-refractivity contribution < 1.29 is 19.5 Å². The lowest BCUT2D eigenvalue weighted by Gasteiger charge is -2.34. The van der Waals surface area contributed by atoms with Gasteiger partial charge in [0.1, 0.15) is 11.6 Å². The van der Waals surface area contributed by atoms with E-state index in [4.69, 9.17) is 5.11 Å². The Kier molecular flexibility index (Phi) is 7.19. The van der Waals surface area contributed by atoms with Crippen molar-refractivity contribution in [2.75, 3.05) is 0 Å². The van der Waals surface area contributed by atoms with Crippen LogP contribution < -0.4 is 0 Å². The molecule has 0 spiro atoms. The number of fused-ring (bicyclic) bond motifs is 1. The van der Waals surface area contributed by atoms with E-state index in [1.165, 1.54) is 0 Å². The number of carboxylic acid groups (broad SMARTS) is 1. The third-order valence-corrected chi connectivity index (χ3v) is 5.76. The van der Waals surface area contributed by atoms with Gasteiger partial charge < -0.3 is 5.11 Å². The van der Waals surface area contributed by atoms with Crippen LogP contribution >= 0.6 is 0 Å². The van der Waals surface area contributed by atoms with Crippen LogP contribution in [-0.4, -0.2) is 22.6 Å². The first kappa shape index (κ1) is 18.9. The van der Waals surface area contributed by atoms with Crippen molar-refractivity contribution in [1.29, 1.82) is 0 Å². The lowest BCUT2D eigenvalue weighted by atomic mass is 9.69. The molecular weight excluding hydrogens is 304 g/mol. The van der Waals surface area contributed by atoms with Crippen LogP contribution in [0.15, 0.2) is 12.2 Å². The maximum atomic E-state index is 12.5. The Hall–Kier alpha value is -1.45. The van der Waals surface area contributed by atoms with E-state index < -0.39 is 5.97 Å². The standard InChI is InChI=1S/C20H30O4/c1-2-3-8-16-17-13-19(22)15(14(17)11-12-18(16)21)9-6-4-5-7-10-20(23)24/h4,6,14-17H,2-3,5,7-13H2,1H3,(H,23,24)/b6-4-/t14-,15-,16+,17+/m1/s1. The van der Waals surface area contributed by atoms with E-state index in [1.807, 2.05) is 12.2 Å². The summed E-state index contributed by atoms with van der Waals surface area (Å²) in [5, 5.41) is 8.62. The first-order chi connectivity index (χ1) is 11.5. The minimum atomic E-state index is -0.762. The number of hydrogen-bond donors (Lipinski definition) is 1. The maximum Gasteiger partial charge on any atom is 0.303 e. The van der Waals surface area contributed by atoms with Crippen LogP contribution in [-0.2, 0) is 14.4 Å². The molecule has 0 amide bonds. The number of aliphatic carboxylic acids is 1. The Balaban J connectivity index is 1.88. The third-order valence-electron chi connectivity index (χ3n) is 5.76. The molecule has 0 saturated heterocycles. The van der Waals surface area contributed by atoms with E-state index in [1.54, 1.807) is 0 Å². The molecule has 4 heteroatoms. The second kappa shape index (κ2) is 9.14. The van der Waals surface area contributed by atoms with Gasteiger partial charge in [0, 0.05) is 31.1 Å². The molecule has 2 saturated carbocycles. The average Bonchev–Trinajstić information content (AvgIpc) is 2.85. The highest BCUT2D eigenvalue weighted by Gasteiger charge is 2.48. The topological polar surface area (TPSA) is 71.4 Å². The van der Waals surface area contributed by atoms with E-state index in [2.05, 4.69) is 6.92 Å². The van der Waals surface area contributed by atoms with Gasteiger partial charge in [-0.25, -0.2) is 0 Å². The molecule has 0 bridgehead atoms. The summed E-state index contributed by atoms with van der Waals surface area (Å²) in [6, 6.07) is 0. The predicted molar refractivity (Wildman–Crippen MR) is 92.6 cm³/mol. The van der Waals surface area contributed by atoms with Gasteiger partial charge in [0.05, 0.1) is 0 Å². The lowest BCUT2D eigenvalue weighted by molar-refractivity contribution is -0.137. The first-order valence-electron chi connectivity index (χ1n) is 9.46. The molecular formula is C20H30O4. The number of hydrogen-bond acceptors (Lipinski definition) is 3. The van der Waals surface area contributed by atoms with Gasteiger partial charge in [-0.15, -0.1) is 0 Å². The fourth-order valence-corrected chi connectivity index (χ4v) is 4.50. The zero-order valence-corrected chi connectivity index (χ0v) is 14.7. The summed E-state index contributed by atoms with van der Waals surface area (Å²) in [7, 11) is 0. The molecule has 0 aromatic carbocycles. The predicted octanol–water partition coefficient (Wildman–Crippen LogP) is 4.18. The summed E-state index contributed by atoms with van der Waals surface area (Å²) < 4.78 is 0. The number of carbonyl (C=O) groups excluding carboxylic acids is 2. The molecule has 24 heavy (non-hydrogen) atoms. The summed E-state index contributed by atoms with van der Waals surface area (Å²) in [5.74, 6) is 0.775. The van der Waals surface area contributed by atoms with Gasteiger partial charge in [-0.2, -0.15) is 0 Å². The Labute approximate surface area is 144 Å². The van der Waals surface area contributed by atoms with Gasteiger partial charge in [-0.1, -0.05) is 31.9 Å². The number of Topliss-reactive ketones (excluding diaryl/α,β-unsaturated/α-hetero) is 2. The normalized spacial score (nSPS) is 30.0. The van der Waals surface area contributed by atoms with Crippen LogP contribution in [0.5, 0.6) is 0 Å². The van der Waals surface area contributed by atoms with Gasteiger partial charge in [-0.05, 0) is 43.9 Å². The van der Waals surface area contributed by atoms with Crippen molar-refractivity contribution in [3.63, 3.8) is 0 Å². The highest BCUT2D eigenvalue weighted by Crippen LogP contribution is 2.48. The zero-order chi connectivity index (χ0) is 17.5. The SMILES string of the molecule is CCCC[C@@H]1C(=O)CC[C@H]2[C@@H]1CC(=O)[C@@H]2C/C=C\CCCC(=O)O. The van der Waals surface area contributed by atoms with Crippen molar-refractivity contribution in [3.05, 3.63) is 12.2 Å². The minimum absolute atomic E-state index is 0.0722. The smallest absolute Gasteiger partial charge is 0.303 e. The van der Waals surface area contributed by atoms with E-state index in [9.17, 15) is 14.4 Å². The average molecular weight is 334 g/mol. The molecule has 0 unspecified atom stereocenters. The molecule has 2 fully saturated rings. The molecule has 0 aromatic rings. The molecule has 1 N–H and O–H groups in total. The monoisotopic (exact) mass is 334 g/mol. The molecule has 4 nitrogen and oxygen atoms in total. The number of allylic oxidation sites excluding steroid dienone is 2. The molecule has 2 aliphatic rings. The fourth-order valence-electron chi connectivity index (χ4n) is 4.50. The summed E-state index contributed by atoms with van der Waals surface area (Å²) in [5.41, 5.74) is 0. The van der Waals surface area contributed by atoms with E-state index in [0.717, 1.165) is 38.5 Å². The van der Waals surface area contributed by atoms with E-state index in [-0.39, 0.29) is 24.2 Å². The number of ketones is 2. The van der Waals surface area contributed by atoms with Gasteiger partial charge in [0.25, 0.3) is 0 Å². The number of unbranched alkanes of at least 4 members (excludes halogenated alkanes) is 2. The number of carbonyl (C=O) groups is 3. The fraction of sp³-hybridized carbons (Fsp3) is 0.750. The van der Waals surface area contributed by atoms with Gasteiger partial charge in [0.2, 0.25) is 0 Å². The van der Waals surface area contributed by atoms with Crippen LogP contribution in [0.25, 0.3) is 0 Å². The molecule has 2 aliphatic carbocycles. The van der Waals surface area contributed by atoms with E-state index in [0.29, 0.717) is 36.7 Å². The molecule has 0 aliphatic heterocycles. The van der Waals surface area contributed by atoms with Gasteiger partial charge in [-0.3, -0.25) is 14.4 Å². The Morgan fingerprint density at radius 1 is 1.12 bits per heavy atom. The number of rotatable bonds is 9. The van der Waals surface area contributed by atoms with Gasteiger partial charge in [0.15, 0.2) is 0 Å². The van der Waals surface area contributed by atoms with Gasteiger partial charge >= 0.3 is 5.97 Å². The molecule has 0 aromatic heterocycles. The van der Waals surface area contributed by atoms with Crippen molar-refractivity contribution >= 4 is 17.5 Å². The highest BCUT2D eigenvalue weighted by molar-refractivity contribution is 5.88. The second-order valence-corrected chi connectivity index (χ2v) is 7.35. The number of carboxylic acids is 1. The summed E-state index contributed by atoms with van der Waals surface area (Å²) in [4.78, 5) is 35.2. The van der Waals surface area contributed by atoms with Crippen LogP contribution in [0.3, 0.4) is 0 Å². The zero-order valence-electron chi connectivity index (χ0n) is 14.7. The van der Waals surface area contributed by atoms with Crippen molar-refractivity contribution in [2.45, 2.75) is 71.1 Å². The summed E-state index contributed by atoms with van der Waals surface area (Å²) in [6.45, 7) is 2.14. The Bertz CT molecular complexity index is 494. The summed E-state index contributed by atoms with van der Waals surface area (Å²) >= 11 is 0. The Morgan fingerprint density at radius 2 is 1.92 bits per heavy atom. The molecule has 0 radical (unpaired) electrons. The Morgan fingerprint density at radius 3 is 2.62 bits per heavy atom. The first-order valence-corrected chi connectivity index (χ1v) is 9.46.